The second-order valence-electron chi connectivity index (χ2n) is 4.41. The van der Waals surface area contributed by atoms with Crippen molar-refractivity contribution < 1.29 is 9.53 Å². The Bertz CT molecular complexity index is 787. The van der Waals surface area contributed by atoms with Gasteiger partial charge in [-0.05, 0) is 24.3 Å². The van der Waals surface area contributed by atoms with Gasteiger partial charge in [-0.2, -0.15) is 0 Å². The van der Waals surface area contributed by atoms with Gasteiger partial charge in [-0.3, -0.25) is 15.1 Å². The van der Waals surface area contributed by atoms with Gasteiger partial charge in [0.05, 0.1) is 18.4 Å². The van der Waals surface area contributed by atoms with Crippen LogP contribution in [0.4, 0.5) is 5.13 Å². The Hall–Kier alpha value is -2.73. The number of nitrogens with one attached hydrogen (secondary N) is 1. The van der Waals surface area contributed by atoms with E-state index in [1.165, 1.54) is 18.4 Å². The van der Waals surface area contributed by atoms with Gasteiger partial charge in [0.2, 0.25) is 0 Å². The summed E-state index contributed by atoms with van der Waals surface area (Å²) in [6.45, 7) is 0. The number of benzene rings is 1. The Kier molecular flexibility index (Phi) is 4.11. The van der Waals surface area contributed by atoms with E-state index >= 15 is 0 Å². The molecule has 0 saturated carbocycles. The number of pyridine rings is 1. The average Bonchev–Trinajstić information content (AvgIpc) is 3.04. The molecular formula is C16H13N3O2S. The molecule has 0 aliphatic rings. The van der Waals surface area contributed by atoms with Crippen molar-refractivity contribution in [2.24, 2.45) is 0 Å². The first kappa shape index (κ1) is 14.2. The fourth-order valence-electron chi connectivity index (χ4n) is 1.96. The molecule has 1 N–H and O–H groups in total. The van der Waals surface area contributed by atoms with Crippen LogP contribution in [0.3, 0.4) is 0 Å². The Morgan fingerprint density at radius 1 is 1.14 bits per heavy atom. The third-order valence-corrected chi connectivity index (χ3v) is 3.76. The smallest absolute Gasteiger partial charge is 0.261 e. The van der Waals surface area contributed by atoms with E-state index in [2.05, 4.69) is 15.3 Å². The summed E-state index contributed by atoms with van der Waals surface area (Å²) in [6, 6.07) is 12.7. The van der Waals surface area contributed by atoms with Crippen molar-refractivity contribution in [2.45, 2.75) is 0 Å². The summed E-state index contributed by atoms with van der Waals surface area (Å²) in [5.74, 6) is 0.279. The van der Waals surface area contributed by atoms with Gasteiger partial charge in [0.1, 0.15) is 11.4 Å². The van der Waals surface area contributed by atoms with E-state index in [0.717, 1.165) is 11.4 Å². The summed E-state index contributed by atoms with van der Waals surface area (Å²) >= 11 is 1.36. The van der Waals surface area contributed by atoms with Crippen LogP contribution >= 0.6 is 11.3 Å². The highest BCUT2D eigenvalue weighted by Gasteiger charge is 2.14. The van der Waals surface area contributed by atoms with Gasteiger partial charge >= 0.3 is 0 Å². The number of carbonyl (C=O) groups is 1. The predicted octanol–water partition coefficient (Wildman–Crippen LogP) is 3.47. The molecule has 1 amide bonds. The van der Waals surface area contributed by atoms with Crippen LogP contribution in [0.1, 0.15) is 10.4 Å². The first-order valence-electron chi connectivity index (χ1n) is 6.59. The molecule has 0 fully saturated rings. The van der Waals surface area contributed by atoms with Crippen LogP contribution in [0.25, 0.3) is 11.4 Å². The number of carbonyl (C=O) groups excluding carboxylic acids is 1. The van der Waals surface area contributed by atoms with Crippen LogP contribution in [-0.4, -0.2) is 23.0 Å². The van der Waals surface area contributed by atoms with E-state index < -0.39 is 0 Å². The van der Waals surface area contributed by atoms with Gasteiger partial charge in [0.25, 0.3) is 5.91 Å². The second kappa shape index (κ2) is 6.36. The molecule has 22 heavy (non-hydrogen) atoms. The van der Waals surface area contributed by atoms with Crippen LogP contribution in [0.15, 0.2) is 54.0 Å². The minimum atomic E-state index is -0.251. The Morgan fingerprint density at radius 2 is 1.95 bits per heavy atom. The number of nitrogens with zero attached hydrogens (tertiary/aromatic N) is 2. The van der Waals surface area contributed by atoms with Gasteiger partial charge in [-0.1, -0.05) is 18.2 Å². The lowest BCUT2D eigenvalue weighted by Gasteiger charge is -2.06. The van der Waals surface area contributed by atoms with Crippen molar-refractivity contribution in [3.8, 4) is 17.1 Å². The van der Waals surface area contributed by atoms with Crippen LogP contribution in [-0.2, 0) is 0 Å². The van der Waals surface area contributed by atoms with Crippen molar-refractivity contribution in [1.82, 2.24) is 9.97 Å². The zero-order chi connectivity index (χ0) is 15.4. The fraction of sp³-hybridized carbons (Fsp3) is 0.0625. The number of thiazole rings is 1. The highest BCUT2D eigenvalue weighted by Crippen LogP contribution is 2.25. The molecular weight excluding hydrogens is 298 g/mol. The molecule has 2 heterocycles. The number of ether oxygens (including phenoxy) is 1. The van der Waals surface area contributed by atoms with E-state index in [1.54, 1.807) is 24.4 Å². The monoisotopic (exact) mass is 311 g/mol. The Morgan fingerprint density at radius 3 is 2.73 bits per heavy atom. The van der Waals surface area contributed by atoms with Crippen LogP contribution in [0.2, 0.25) is 0 Å². The van der Waals surface area contributed by atoms with Gasteiger partial charge in [-0.15, -0.1) is 11.3 Å². The predicted molar refractivity (Wildman–Crippen MR) is 86.3 cm³/mol. The third kappa shape index (κ3) is 2.96. The zero-order valence-electron chi connectivity index (χ0n) is 11.8. The molecule has 0 bridgehead atoms. The van der Waals surface area contributed by atoms with Crippen LogP contribution < -0.4 is 10.1 Å². The molecule has 1 aromatic carbocycles. The first-order valence-corrected chi connectivity index (χ1v) is 7.47. The largest absolute Gasteiger partial charge is 0.496 e. The van der Waals surface area contributed by atoms with E-state index in [0.29, 0.717) is 16.4 Å². The maximum atomic E-state index is 12.3. The number of amides is 1. The molecule has 0 saturated heterocycles. The van der Waals surface area contributed by atoms with Gasteiger partial charge in [0.15, 0.2) is 5.13 Å². The number of anilines is 1. The van der Waals surface area contributed by atoms with Crippen molar-refractivity contribution >= 4 is 22.4 Å². The Balaban J connectivity index is 1.79. The molecule has 0 aliphatic carbocycles. The summed E-state index contributed by atoms with van der Waals surface area (Å²) in [6.07, 6.45) is 1.71. The summed E-state index contributed by atoms with van der Waals surface area (Å²) in [7, 11) is 1.54. The summed E-state index contributed by atoms with van der Waals surface area (Å²) in [5.41, 5.74) is 1.98. The van der Waals surface area contributed by atoms with Gasteiger partial charge in [0, 0.05) is 11.6 Å². The second-order valence-corrected chi connectivity index (χ2v) is 5.27. The van der Waals surface area contributed by atoms with E-state index in [4.69, 9.17) is 4.74 Å². The average molecular weight is 311 g/mol. The summed E-state index contributed by atoms with van der Waals surface area (Å²) < 4.78 is 5.19. The maximum absolute atomic E-state index is 12.3. The van der Waals surface area contributed by atoms with E-state index in [1.807, 2.05) is 29.6 Å². The van der Waals surface area contributed by atoms with Crippen LogP contribution in [0, 0.1) is 0 Å². The molecule has 0 aliphatic heterocycles. The quantitative estimate of drug-likeness (QED) is 0.801. The standard InChI is InChI=1S/C16H13N3O2S/c1-21-14-8-3-2-6-11(14)15(20)19-16-18-13(10-22-16)12-7-4-5-9-17-12/h2-10H,1H3,(H,18,19,20). The number of para-hydroxylation sites is 1. The maximum Gasteiger partial charge on any atom is 0.261 e. The SMILES string of the molecule is COc1ccccc1C(=O)Nc1nc(-c2ccccn2)cs1. The minimum Gasteiger partial charge on any atom is -0.496 e. The number of methoxy groups -OCH3 is 1. The molecule has 0 spiro atoms. The molecule has 110 valence electrons. The molecule has 6 heteroatoms. The number of rotatable bonds is 4. The molecule has 5 nitrogen and oxygen atoms in total. The summed E-state index contributed by atoms with van der Waals surface area (Å²) in [5, 5.41) is 5.17. The molecule has 2 aromatic heterocycles. The topological polar surface area (TPSA) is 64.1 Å². The van der Waals surface area contributed by atoms with E-state index in [-0.39, 0.29) is 5.91 Å². The zero-order valence-corrected chi connectivity index (χ0v) is 12.6. The summed E-state index contributed by atoms with van der Waals surface area (Å²) in [4.78, 5) is 20.9. The fourth-order valence-corrected chi connectivity index (χ4v) is 2.66. The van der Waals surface area contributed by atoms with E-state index in [9.17, 15) is 4.79 Å². The number of hydrogen-bond donors (Lipinski definition) is 1. The lowest BCUT2D eigenvalue weighted by Crippen LogP contribution is -2.12. The highest BCUT2D eigenvalue weighted by atomic mass is 32.1. The van der Waals surface area contributed by atoms with Crippen molar-refractivity contribution in [2.75, 3.05) is 12.4 Å². The van der Waals surface area contributed by atoms with Gasteiger partial charge < -0.3 is 4.74 Å². The Labute approximate surface area is 131 Å². The lowest BCUT2D eigenvalue weighted by atomic mass is 10.2. The third-order valence-electron chi connectivity index (χ3n) is 3.00. The lowest BCUT2D eigenvalue weighted by molar-refractivity contribution is 0.102. The van der Waals surface area contributed by atoms with Crippen molar-refractivity contribution in [1.29, 1.82) is 0 Å². The van der Waals surface area contributed by atoms with Crippen molar-refractivity contribution in [3.05, 3.63) is 59.6 Å². The molecule has 3 rings (SSSR count). The molecule has 0 atom stereocenters. The normalized spacial score (nSPS) is 10.2. The highest BCUT2D eigenvalue weighted by molar-refractivity contribution is 7.14. The number of hydrogen-bond acceptors (Lipinski definition) is 5. The minimum absolute atomic E-state index is 0.251. The van der Waals surface area contributed by atoms with Crippen molar-refractivity contribution in [3.63, 3.8) is 0 Å². The molecule has 3 aromatic rings. The van der Waals surface area contributed by atoms with Gasteiger partial charge in [-0.25, -0.2) is 4.98 Å². The number of aromatic nitrogens is 2. The molecule has 0 radical (unpaired) electrons. The molecule has 0 unspecified atom stereocenters. The first-order chi connectivity index (χ1) is 10.8. The van der Waals surface area contributed by atoms with Crippen LogP contribution in [0.5, 0.6) is 5.75 Å².